The van der Waals surface area contributed by atoms with E-state index in [0.29, 0.717) is 11.2 Å². The molecule has 0 spiro atoms. The zero-order valence-electron chi connectivity index (χ0n) is 16.4. The molecule has 8 nitrogen and oxygen atoms in total. The molecule has 2 amide bonds. The molecule has 2 aromatic heterocycles. The number of hydrogen-bond donors (Lipinski definition) is 1. The van der Waals surface area contributed by atoms with Gasteiger partial charge in [-0.3, -0.25) is 9.52 Å². The van der Waals surface area contributed by atoms with E-state index in [1.54, 1.807) is 0 Å². The first kappa shape index (κ1) is 25.8. The van der Waals surface area contributed by atoms with Crippen molar-refractivity contribution >= 4 is 50.1 Å². The fourth-order valence-corrected chi connectivity index (χ4v) is 4.29. The fraction of sp³-hybridized carbons (Fsp3) is 0.176. The Balaban J connectivity index is 1.88. The quantitative estimate of drug-likeness (QED) is 0.356. The highest BCUT2D eigenvalue weighted by molar-refractivity contribution is 8.13. The zero-order chi connectivity index (χ0) is 25.5. The molecule has 3 aromatic rings. The van der Waals surface area contributed by atoms with E-state index in [-0.39, 0.29) is 27.4 Å². The van der Waals surface area contributed by atoms with Crippen molar-refractivity contribution in [2.75, 3.05) is 6.26 Å². The molecule has 34 heavy (non-hydrogen) atoms. The van der Waals surface area contributed by atoms with Crippen LogP contribution in [-0.4, -0.2) is 36.2 Å². The van der Waals surface area contributed by atoms with Crippen LogP contribution < -0.4 is 4.72 Å². The maximum atomic E-state index is 13.2. The van der Waals surface area contributed by atoms with Crippen LogP contribution in [-0.2, 0) is 22.1 Å². The van der Waals surface area contributed by atoms with Crippen LogP contribution in [0.1, 0.15) is 21.7 Å². The summed E-state index contributed by atoms with van der Waals surface area (Å²) in [6.07, 6.45) is -8.77. The van der Waals surface area contributed by atoms with Gasteiger partial charge in [-0.25, -0.2) is 18.5 Å². The van der Waals surface area contributed by atoms with E-state index >= 15 is 0 Å². The number of fused-ring (bicyclic) bond motifs is 1. The minimum Gasteiger partial charge on any atom is -0.279 e. The van der Waals surface area contributed by atoms with Crippen molar-refractivity contribution in [1.29, 1.82) is 0 Å². The third-order valence-corrected chi connectivity index (χ3v) is 6.61. The number of alkyl halides is 6. The zero-order valence-corrected chi connectivity index (χ0v) is 18.8. The fourth-order valence-electron chi connectivity index (χ4n) is 2.52. The van der Waals surface area contributed by atoms with Crippen molar-refractivity contribution in [1.82, 2.24) is 19.3 Å². The molecule has 1 unspecified atom stereocenters. The Morgan fingerprint density at radius 3 is 2.29 bits per heavy atom. The molecule has 17 heteroatoms. The van der Waals surface area contributed by atoms with E-state index in [9.17, 15) is 40.1 Å². The molecule has 0 saturated carbocycles. The molecule has 0 bridgehead atoms. The van der Waals surface area contributed by atoms with Gasteiger partial charge in [-0.05, 0) is 30.3 Å². The summed E-state index contributed by atoms with van der Waals surface area (Å²) in [6, 6.07) is 4.07. The second kappa shape index (κ2) is 9.07. The summed E-state index contributed by atoms with van der Waals surface area (Å²) in [5.41, 5.74) is -5.45. The van der Waals surface area contributed by atoms with E-state index in [1.807, 2.05) is 4.72 Å². The maximum Gasteiger partial charge on any atom is 0.433 e. The average Bonchev–Trinajstić information content (AvgIpc) is 3.14. The second-order valence-corrected chi connectivity index (χ2v) is 9.93. The molecular weight excluding hydrogens is 536 g/mol. The molecule has 0 aliphatic heterocycles. The van der Waals surface area contributed by atoms with Crippen molar-refractivity contribution in [3.63, 3.8) is 0 Å². The molecule has 0 saturated heterocycles. The van der Waals surface area contributed by atoms with E-state index in [0.717, 1.165) is 6.26 Å². The van der Waals surface area contributed by atoms with Crippen LogP contribution in [0.2, 0.25) is 5.02 Å². The number of nitrogens with one attached hydrogen (secondary N) is 1. The molecule has 1 N–H and O–H groups in total. The van der Waals surface area contributed by atoms with Gasteiger partial charge in [-0.2, -0.15) is 31.4 Å². The molecular formula is C17H10ClF6N5O3S2. The lowest BCUT2D eigenvalue weighted by atomic mass is 10.3. The summed E-state index contributed by atoms with van der Waals surface area (Å²) >= 11 is 5.72. The van der Waals surface area contributed by atoms with Crippen LogP contribution in [0.15, 0.2) is 45.8 Å². The summed E-state index contributed by atoms with van der Waals surface area (Å²) in [5, 5.41) is 2.46. The first-order valence-corrected chi connectivity index (χ1v) is 11.7. The Hall–Kier alpha value is -2.85. The lowest BCUT2D eigenvalue weighted by Gasteiger charge is -2.12. The summed E-state index contributed by atoms with van der Waals surface area (Å²) in [5.74, 6) is 0. The second-order valence-electron chi connectivity index (χ2n) is 6.46. The Bertz CT molecular complexity index is 1400. The number of amides is 2. The van der Waals surface area contributed by atoms with Gasteiger partial charge in [0.2, 0.25) is 5.12 Å². The number of carbonyl (C=O) groups excluding carboxylic acids is 2. The van der Waals surface area contributed by atoms with Gasteiger partial charge in [0.25, 0.3) is 0 Å². The van der Waals surface area contributed by atoms with Crippen molar-refractivity contribution in [3.05, 3.63) is 58.5 Å². The number of nitrogens with zero attached hydrogens (tertiary/aromatic N) is 4. The highest BCUT2D eigenvalue weighted by Crippen LogP contribution is 2.35. The number of halogens is 7. The van der Waals surface area contributed by atoms with Gasteiger partial charge in [0.1, 0.15) is 5.69 Å². The van der Waals surface area contributed by atoms with Crippen molar-refractivity contribution in [2.45, 2.75) is 17.2 Å². The molecule has 0 fully saturated rings. The molecule has 1 aromatic carbocycles. The maximum absolute atomic E-state index is 13.2. The molecule has 2 heterocycles. The van der Waals surface area contributed by atoms with E-state index in [1.165, 1.54) is 24.3 Å². The van der Waals surface area contributed by atoms with E-state index < -0.39 is 55.8 Å². The van der Waals surface area contributed by atoms with Gasteiger partial charge < -0.3 is 0 Å². The number of hydrogen-bond acceptors (Lipinski definition) is 6. The van der Waals surface area contributed by atoms with Crippen LogP contribution in [0.5, 0.6) is 0 Å². The SMILES string of the molecule is CS(=O)(=NC(=O)NSC(=O)c1cnn2c(C(F)(F)F)cc(C(F)(F)F)nc12)c1ccc(Cl)cc1. The van der Waals surface area contributed by atoms with Gasteiger partial charge in [0, 0.05) is 28.1 Å². The van der Waals surface area contributed by atoms with E-state index in [4.69, 9.17) is 11.6 Å². The number of carbonyl (C=O) groups is 2. The Kier molecular flexibility index (Phi) is 6.87. The summed E-state index contributed by atoms with van der Waals surface area (Å²) < 4.78 is 96.8. The average molecular weight is 546 g/mol. The van der Waals surface area contributed by atoms with Crippen LogP contribution in [0, 0.1) is 0 Å². The van der Waals surface area contributed by atoms with Gasteiger partial charge in [0.15, 0.2) is 11.3 Å². The first-order chi connectivity index (χ1) is 15.6. The lowest BCUT2D eigenvalue weighted by Crippen LogP contribution is -2.19. The van der Waals surface area contributed by atoms with E-state index in [2.05, 4.69) is 14.4 Å². The number of aromatic nitrogens is 3. The molecule has 0 radical (unpaired) electrons. The molecule has 182 valence electrons. The minimum absolute atomic E-state index is 0.0126. The first-order valence-electron chi connectivity index (χ1n) is 8.61. The summed E-state index contributed by atoms with van der Waals surface area (Å²) in [4.78, 5) is 27.6. The predicted molar refractivity (Wildman–Crippen MR) is 110 cm³/mol. The predicted octanol–water partition coefficient (Wildman–Crippen LogP) is 5.08. The highest BCUT2D eigenvalue weighted by Gasteiger charge is 2.41. The summed E-state index contributed by atoms with van der Waals surface area (Å²) in [7, 11) is -3.26. The van der Waals surface area contributed by atoms with Crippen molar-refractivity contribution in [3.8, 4) is 0 Å². The van der Waals surface area contributed by atoms with Gasteiger partial charge >= 0.3 is 18.4 Å². The van der Waals surface area contributed by atoms with Crippen LogP contribution in [0.4, 0.5) is 31.1 Å². The lowest BCUT2D eigenvalue weighted by molar-refractivity contribution is -0.148. The topological polar surface area (TPSA) is 106 Å². The Morgan fingerprint density at radius 2 is 1.74 bits per heavy atom. The Labute approximate surface area is 196 Å². The normalized spacial score (nSPS) is 14.0. The Morgan fingerprint density at radius 1 is 1.12 bits per heavy atom. The minimum atomic E-state index is -5.24. The van der Waals surface area contributed by atoms with Gasteiger partial charge in [-0.1, -0.05) is 11.6 Å². The summed E-state index contributed by atoms with van der Waals surface area (Å²) in [6.45, 7) is 0. The van der Waals surface area contributed by atoms with Gasteiger partial charge in [0.05, 0.1) is 21.5 Å². The van der Waals surface area contributed by atoms with Crippen molar-refractivity contribution in [2.24, 2.45) is 4.36 Å². The third kappa shape index (κ3) is 5.61. The largest absolute Gasteiger partial charge is 0.433 e. The number of rotatable bonds is 2. The van der Waals surface area contributed by atoms with Gasteiger partial charge in [-0.15, -0.1) is 4.36 Å². The third-order valence-electron chi connectivity index (χ3n) is 4.01. The number of benzene rings is 1. The standard InChI is InChI=1S/C17H10ClF6N5O3S2/c1-34(32,9-4-2-8(18)3-5-9)28-15(31)27-33-14(30)10-7-25-29-12(17(22,23)24)6-11(16(19,20)21)26-13(10)29/h2-7H,1H3,(H,27,31). The molecule has 0 aliphatic rings. The van der Waals surface area contributed by atoms with Crippen LogP contribution in [0.3, 0.4) is 0 Å². The monoisotopic (exact) mass is 545 g/mol. The molecule has 3 rings (SSSR count). The van der Waals surface area contributed by atoms with Crippen LogP contribution in [0.25, 0.3) is 5.65 Å². The molecule has 0 aliphatic carbocycles. The number of urea groups is 1. The highest BCUT2D eigenvalue weighted by atomic mass is 35.5. The van der Waals surface area contributed by atoms with Crippen LogP contribution >= 0.6 is 23.5 Å². The molecule has 1 atom stereocenters. The smallest absolute Gasteiger partial charge is 0.279 e. The van der Waals surface area contributed by atoms with Crippen molar-refractivity contribution < 1.29 is 40.1 Å².